The SMILES string of the molecule is COc1cccc(Oc2ccc(I)cc2)c1C(C)O. The Labute approximate surface area is 126 Å². The van der Waals surface area contributed by atoms with Crippen LogP contribution in [0.5, 0.6) is 17.2 Å². The van der Waals surface area contributed by atoms with Crippen molar-refractivity contribution >= 4 is 22.6 Å². The molecule has 0 radical (unpaired) electrons. The summed E-state index contributed by atoms with van der Waals surface area (Å²) in [4.78, 5) is 0. The topological polar surface area (TPSA) is 38.7 Å². The number of rotatable bonds is 4. The smallest absolute Gasteiger partial charge is 0.136 e. The summed E-state index contributed by atoms with van der Waals surface area (Å²) < 4.78 is 12.2. The van der Waals surface area contributed by atoms with E-state index in [1.165, 1.54) is 0 Å². The predicted molar refractivity (Wildman–Crippen MR) is 82.9 cm³/mol. The van der Waals surface area contributed by atoms with Crippen LogP contribution in [-0.2, 0) is 0 Å². The lowest BCUT2D eigenvalue weighted by molar-refractivity contribution is 0.190. The van der Waals surface area contributed by atoms with Gasteiger partial charge in [0.25, 0.3) is 0 Å². The predicted octanol–water partition coefficient (Wildman–Crippen LogP) is 4.15. The van der Waals surface area contributed by atoms with Crippen molar-refractivity contribution in [3.8, 4) is 17.2 Å². The molecule has 0 aliphatic carbocycles. The Hall–Kier alpha value is -1.27. The first-order valence-corrected chi connectivity index (χ1v) is 6.98. The second kappa shape index (κ2) is 6.25. The van der Waals surface area contributed by atoms with Gasteiger partial charge in [-0.3, -0.25) is 0 Å². The van der Waals surface area contributed by atoms with Crippen LogP contribution in [-0.4, -0.2) is 12.2 Å². The summed E-state index contributed by atoms with van der Waals surface area (Å²) in [6, 6.07) is 13.2. The maximum Gasteiger partial charge on any atom is 0.136 e. The van der Waals surface area contributed by atoms with E-state index in [9.17, 15) is 5.11 Å². The molecule has 0 aliphatic rings. The van der Waals surface area contributed by atoms with Gasteiger partial charge in [-0.2, -0.15) is 0 Å². The number of ether oxygens (including phenoxy) is 2. The lowest BCUT2D eigenvalue weighted by Crippen LogP contribution is -2.00. The number of hydrogen-bond donors (Lipinski definition) is 1. The third-order valence-electron chi connectivity index (χ3n) is 2.71. The summed E-state index contributed by atoms with van der Waals surface area (Å²) >= 11 is 2.24. The van der Waals surface area contributed by atoms with Gasteiger partial charge in [0.2, 0.25) is 0 Å². The van der Waals surface area contributed by atoms with Gasteiger partial charge in [-0.1, -0.05) is 6.07 Å². The molecule has 0 aromatic heterocycles. The second-order valence-electron chi connectivity index (χ2n) is 4.10. The Kier molecular flexibility index (Phi) is 4.66. The van der Waals surface area contributed by atoms with E-state index in [0.717, 1.165) is 9.32 Å². The molecule has 3 nitrogen and oxygen atoms in total. The van der Waals surface area contributed by atoms with Crippen molar-refractivity contribution in [1.82, 2.24) is 0 Å². The summed E-state index contributed by atoms with van der Waals surface area (Å²) in [5, 5.41) is 9.88. The van der Waals surface area contributed by atoms with Crippen molar-refractivity contribution in [3.05, 3.63) is 51.6 Å². The van der Waals surface area contributed by atoms with Gasteiger partial charge in [-0.05, 0) is 65.9 Å². The zero-order chi connectivity index (χ0) is 13.8. The highest BCUT2D eigenvalue weighted by atomic mass is 127. The molecule has 0 saturated heterocycles. The van der Waals surface area contributed by atoms with E-state index in [1.807, 2.05) is 42.5 Å². The standard InChI is InChI=1S/C15H15IO3/c1-10(17)15-13(18-2)4-3-5-14(15)19-12-8-6-11(16)7-9-12/h3-10,17H,1-2H3. The van der Waals surface area contributed by atoms with Crippen LogP contribution in [0.25, 0.3) is 0 Å². The average Bonchev–Trinajstić information content (AvgIpc) is 2.40. The van der Waals surface area contributed by atoms with Gasteiger partial charge in [0.1, 0.15) is 17.2 Å². The maximum atomic E-state index is 9.88. The minimum absolute atomic E-state index is 0.607. The fourth-order valence-corrected chi connectivity index (χ4v) is 2.19. The molecule has 0 spiro atoms. The first kappa shape index (κ1) is 14.1. The van der Waals surface area contributed by atoms with Gasteiger partial charge in [0.05, 0.1) is 18.8 Å². The molecular formula is C15H15IO3. The summed E-state index contributed by atoms with van der Waals surface area (Å²) in [5.74, 6) is 1.96. The van der Waals surface area contributed by atoms with Crippen LogP contribution in [0.3, 0.4) is 0 Å². The molecule has 0 heterocycles. The minimum atomic E-state index is -0.657. The highest BCUT2D eigenvalue weighted by Gasteiger charge is 2.15. The van der Waals surface area contributed by atoms with Crippen molar-refractivity contribution < 1.29 is 14.6 Å². The lowest BCUT2D eigenvalue weighted by Gasteiger charge is -2.16. The molecular weight excluding hydrogens is 355 g/mol. The fraction of sp³-hybridized carbons (Fsp3) is 0.200. The number of aliphatic hydroxyl groups is 1. The highest BCUT2D eigenvalue weighted by Crippen LogP contribution is 2.36. The largest absolute Gasteiger partial charge is 0.496 e. The monoisotopic (exact) mass is 370 g/mol. The van der Waals surface area contributed by atoms with Crippen molar-refractivity contribution in [1.29, 1.82) is 0 Å². The maximum absolute atomic E-state index is 9.88. The zero-order valence-electron chi connectivity index (χ0n) is 10.8. The van der Waals surface area contributed by atoms with Gasteiger partial charge in [-0.25, -0.2) is 0 Å². The van der Waals surface area contributed by atoms with E-state index in [1.54, 1.807) is 14.0 Å². The molecule has 0 bridgehead atoms. The van der Waals surface area contributed by atoms with Gasteiger partial charge in [0.15, 0.2) is 0 Å². The van der Waals surface area contributed by atoms with E-state index >= 15 is 0 Å². The van der Waals surface area contributed by atoms with E-state index in [0.29, 0.717) is 17.1 Å². The Balaban J connectivity index is 2.36. The quantitative estimate of drug-likeness (QED) is 0.822. The summed E-state index contributed by atoms with van der Waals surface area (Å²) in [5.41, 5.74) is 0.656. The molecule has 0 amide bonds. The number of hydrogen-bond acceptors (Lipinski definition) is 3. The van der Waals surface area contributed by atoms with Crippen LogP contribution in [0.2, 0.25) is 0 Å². The zero-order valence-corrected chi connectivity index (χ0v) is 12.9. The third kappa shape index (κ3) is 3.39. The molecule has 1 N–H and O–H groups in total. The third-order valence-corrected chi connectivity index (χ3v) is 3.42. The number of methoxy groups -OCH3 is 1. The molecule has 4 heteroatoms. The van der Waals surface area contributed by atoms with Crippen LogP contribution in [0.4, 0.5) is 0 Å². The Morgan fingerprint density at radius 3 is 2.26 bits per heavy atom. The van der Waals surface area contributed by atoms with Gasteiger partial charge in [0, 0.05) is 3.57 Å². The molecule has 1 atom stereocenters. The fourth-order valence-electron chi connectivity index (χ4n) is 1.83. The van der Waals surface area contributed by atoms with E-state index < -0.39 is 6.10 Å². The van der Waals surface area contributed by atoms with Crippen LogP contribution >= 0.6 is 22.6 Å². The first-order valence-electron chi connectivity index (χ1n) is 5.90. The lowest BCUT2D eigenvalue weighted by atomic mass is 10.1. The summed E-state index contributed by atoms with van der Waals surface area (Å²) in [7, 11) is 1.58. The molecule has 0 saturated carbocycles. The Morgan fingerprint density at radius 2 is 1.68 bits per heavy atom. The summed E-state index contributed by atoms with van der Waals surface area (Å²) in [6.45, 7) is 1.69. The van der Waals surface area contributed by atoms with Crippen molar-refractivity contribution in [3.63, 3.8) is 0 Å². The van der Waals surface area contributed by atoms with Crippen LogP contribution < -0.4 is 9.47 Å². The number of aliphatic hydroxyl groups excluding tert-OH is 1. The van der Waals surface area contributed by atoms with E-state index in [2.05, 4.69) is 22.6 Å². The van der Waals surface area contributed by atoms with Gasteiger partial charge in [-0.15, -0.1) is 0 Å². The Bertz CT molecular complexity index is 550. The molecule has 2 rings (SSSR count). The van der Waals surface area contributed by atoms with Crippen molar-refractivity contribution in [2.45, 2.75) is 13.0 Å². The molecule has 2 aromatic rings. The minimum Gasteiger partial charge on any atom is -0.496 e. The number of halogens is 1. The van der Waals surface area contributed by atoms with Crippen LogP contribution in [0.1, 0.15) is 18.6 Å². The highest BCUT2D eigenvalue weighted by molar-refractivity contribution is 14.1. The van der Waals surface area contributed by atoms with Gasteiger partial charge >= 0.3 is 0 Å². The Morgan fingerprint density at radius 1 is 1.05 bits per heavy atom. The normalized spacial score (nSPS) is 12.0. The van der Waals surface area contributed by atoms with Crippen LogP contribution in [0.15, 0.2) is 42.5 Å². The van der Waals surface area contributed by atoms with Crippen molar-refractivity contribution in [2.24, 2.45) is 0 Å². The molecule has 1 unspecified atom stereocenters. The van der Waals surface area contributed by atoms with E-state index in [4.69, 9.17) is 9.47 Å². The van der Waals surface area contributed by atoms with Gasteiger partial charge < -0.3 is 14.6 Å². The average molecular weight is 370 g/mol. The first-order chi connectivity index (χ1) is 9.11. The van der Waals surface area contributed by atoms with E-state index in [-0.39, 0.29) is 0 Å². The van der Waals surface area contributed by atoms with Crippen molar-refractivity contribution in [2.75, 3.05) is 7.11 Å². The van der Waals surface area contributed by atoms with Crippen LogP contribution in [0, 0.1) is 3.57 Å². The molecule has 0 aliphatic heterocycles. The molecule has 19 heavy (non-hydrogen) atoms. The molecule has 2 aromatic carbocycles. The summed E-state index contributed by atoms with van der Waals surface area (Å²) in [6.07, 6.45) is -0.657. The molecule has 100 valence electrons. The number of benzene rings is 2. The molecule has 0 fully saturated rings. The second-order valence-corrected chi connectivity index (χ2v) is 5.35.